The molecule has 0 amide bonds. The Kier molecular flexibility index (Phi) is 4.17. The second-order valence-electron chi connectivity index (χ2n) is 6.34. The molecule has 7 nitrogen and oxygen atoms in total. The second kappa shape index (κ2) is 6.97. The number of thioether (sulfide) groups is 1. The van der Waals surface area contributed by atoms with E-state index in [1.807, 2.05) is 42.5 Å². The maximum Gasteiger partial charge on any atom is 0.196 e. The number of nitrogens with one attached hydrogen (secondary N) is 2. The molecule has 2 aliphatic rings. The van der Waals surface area contributed by atoms with Crippen LogP contribution in [0.4, 0.5) is 0 Å². The molecule has 8 heteroatoms. The molecule has 0 fully saturated rings. The van der Waals surface area contributed by atoms with Gasteiger partial charge >= 0.3 is 0 Å². The fraction of sp³-hybridized carbons (Fsp3) is 0.100. The van der Waals surface area contributed by atoms with E-state index in [0.717, 1.165) is 38.7 Å². The third-order valence-corrected chi connectivity index (χ3v) is 5.51. The summed E-state index contributed by atoms with van der Waals surface area (Å²) >= 11 is 1.61. The van der Waals surface area contributed by atoms with Crippen molar-refractivity contribution in [2.75, 3.05) is 0 Å². The smallest absolute Gasteiger partial charge is 0.196 e. The number of benzene rings is 2. The number of para-hydroxylation sites is 2. The summed E-state index contributed by atoms with van der Waals surface area (Å²) in [5, 5.41) is 7.19. The zero-order valence-corrected chi connectivity index (χ0v) is 15.6. The van der Waals surface area contributed by atoms with Crippen LogP contribution in [-0.2, 0) is 5.75 Å². The zero-order chi connectivity index (χ0) is 18.9. The van der Waals surface area contributed by atoms with E-state index in [-0.39, 0.29) is 6.17 Å². The van der Waals surface area contributed by atoms with E-state index in [2.05, 4.69) is 32.8 Å². The van der Waals surface area contributed by atoms with Crippen LogP contribution in [0.1, 0.15) is 5.69 Å². The molecule has 0 aliphatic carbocycles. The predicted molar refractivity (Wildman–Crippen MR) is 113 cm³/mol. The lowest BCUT2D eigenvalue weighted by Gasteiger charge is -2.20. The summed E-state index contributed by atoms with van der Waals surface area (Å²) in [6.45, 7) is 0. The monoisotopic (exact) mass is 387 g/mol. The molecule has 0 radical (unpaired) electrons. The number of aromatic nitrogens is 2. The second-order valence-corrected chi connectivity index (χ2v) is 7.33. The van der Waals surface area contributed by atoms with Gasteiger partial charge in [0.1, 0.15) is 0 Å². The summed E-state index contributed by atoms with van der Waals surface area (Å²) in [6, 6.07) is 18.1. The molecular formula is C20H17N7S. The minimum Gasteiger partial charge on any atom is -0.370 e. The quantitative estimate of drug-likeness (QED) is 0.636. The van der Waals surface area contributed by atoms with Gasteiger partial charge in [-0.25, -0.2) is 20.0 Å². The molecule has 2 aliphatic heterocycles. The van der Waals surface area contributed by atoms with Crippen molar-refractivity contribution in [1.29, 1.82) is 0 Å². The van der Waals surface area contributed by atoms with Crippen LogP contribution >= 0.6 is 11.8 Å². The Hall–Kier alpha value is -3.39. The Balaban J connectivity index is 1.52. The molecule has 0 saturated carbocycles. The molecule has 4 N–H and O–H groups in total. The van der Waals surface area contributed by atoms with E-state index in [1.165, 1.54) is 0 Å². The van der Waals surface area contributed by atoms with Gasteiger partial charge in [0.2, 0.25) is 0 Å². The first kappa shape index (κ1) is 16.8. The Labute approximate surface area is 165 Å². The largest absolute Gasteiger partial charge is 0.370 e. The predicted octanol–water partition coefficient (Wildman–Crippen LogP) is 2.57. The highest BCUT2D eigenvalue weighted by Crippen LogP contribution is 2.31. The standard InChI is InChI=1S/C20H17N7S/c21-20-26-18-17(22-11-23-18)19(27-20)28-10-15-16(12-6-2-1-3-7-12)25-14-9-5-4-8-13(14)24-15/h1-9,11,18H,10H2,(H,22,23)(H3,21,26,27). The van der Waals surface area contributed by atoms with E-state index >= 15 is 0 Å². The number of aliphatic imine (C=N–C) groups is 2. The van der Waals surface area contributed by atoms with Gasteiger partial charge in [0.05, 0.1) is 39.5 Å². The Morgan fingerprint density at radius 1 is 0.964 bits per heavy atom. The number of nitrogens with two attached hydrogens (primary N) is 1. The van der Waals surface area contributed by atoms with Crippen molar-refractivity contribution in [3.8, 4) is 11.3 Å². The van der Waals surface area contributed by atoms with Crippen LogP contribution in [0.3, 0.4) is 0 Å². The van der Waals surface area contributed by atoms with Crippen molar-refractivity contribution in [3.63, 3.8) is 0 Å². The molecule has 3 aromatic rings. The van der Waals surface area contributed by atoms with Gasteiger partial charge in [-0.1, -0.05) is 54.2 Å². The molecule has 3 heterocycles. The van der Waals surface area contributed by atoms with Crippen LogP contribution in [0.15, 0.2) is 75.3 Å². The first-order chi connectivity index (χ1) is 13.8. The Bertz CT molecular complexity index is 1140. The zero-order valence-electron chi connectivity index (χ0n) is 14.8. The number of hydrogen-bond acceptors (Lipinski definition) is 8. The van der Waals surface area contributed by atoms with Crippen molar-refractivity contribution < 1.29 is 0 Å². The van der Waals surface area contributed by atoms with Crippen molar-refractivity contribution in [3.05, 3.63) is 71.0 Å². The SMILES string of the molecule is NC1=NC2N=CNC2=C(SCc2nc3ccccc3nc2-c2ccccc2)N1. The lowest BCUT2D eigenvalue weighted by atomic mass is 10.1. The highest BCUT2D eigenvalue weighted by Gasteiger charge is 2.26. The van der Waals surface area contributed by atoms with E-state index in [4.69, 9.17) is 15.7 Å². The van der Waals surface area contributed by atoms with Crippen LogP contribution < -0.4 is 16.4 Å². The van der Waals surface area contributed by atoms with Gasteiger partial charge in [-0.2, -0.15) is 0 Å². The average Bonchev–Trinajstić information content (AvgIpc) is 3.20. The number of nitrogens with zero attached hydrogens (tertiary/aromatic N) is 4. The molecule has 0 saturated heterocycles. The fourth-order valence-electron chi connectivity index (χ4n) is 3.17. The van der Waals surface area contributed by atoms with Gasteiger partial charge in [0.15, 0.2) is 12.1 Å². The minimum atomic E-state index is -0.292. The van der Waals surface area contributed by atoms with Gasteiger partial charge in [-0.3, -0.25) is 0 Å². The van der Waals surface area contributed by atoms with Crippen molar-refractivity contribution in [2.24, 2.45) is 15.7 Å². The van der Waals surface area contributed by atoms with Crippen LogP contribution in [0.25, 0.3) is 22.3 Å². The van der Waals surface area contributed by atoms with Crippen LogP contribution in [0.2, 0.25) is 0 Å². The fourth-order valence-corrected chi connectivity index (χ4v) is 4.15. The number of fused-ring (bicyclic) bond motifs is 2. The van der Waals surface area contributed by atoms with Gasteiger partial charge in [0.25, 0.3) is 0 Å². The van der Waals surface area contributed by atoms with Gasteiger partial charge in [0, 0.05) is 11.3 Å². The third kappa shape index (κ3) is 3.07. The summed E-state index contributed by atoms with van der Waals surface area (Å²) in [5.74, 6) is 1.00. The molecule has 28 heavy (non-hydrogen) atoms. The molecule has 1 atom stereocenters. The maximum atomic E-state index is 5.91. The summed E-state index contributed by atoms with van der Waals surface area (Å²) < 4.78 is 0. The van der Waals surface area contributed by atoms with E-state index in [0.29, 0.717) is 11.7 Å². The molecule has 138 valence electrons. The summed E-state index contributed by atoms with van der Waals surface area (Å²) in [4.78, 5) is 18.3. The Morgan fingerprint density at radius 3 is 2.54 bits per heavy atom. The topological polar surface area (TPSA) is 101 Å². The molecule has 0 spiro atoms. The minimum absolute atomic E-state index is 0.292. The number of hydrogen-bond donors (Lipinski definition) is 3. The van der Waals surface area contributed by atoms with E-state index in [1.54, 1.807) is 18.1 Å². The van der Waals surface area contributed by atoms with E-state index in [9.17, 15) is 0 Å². The summed E-state index contributed by atoms with van der Waals surface area (Å²) in [6.07, 6.45) is 1.36. The molecule has 5 rings (SSSR count). The van der Waals surface area contributed by atoms with Crippen LogP contribution in [0, 0.1) is 0 Å². The van der Waals surface area contributed by atoms with Gasteiger partial charge < -0.3 is 16.4 Å². The molecule has 1 unspecified atom stereocenters. The normalized spacial score (nSPS) is 17.9. The summed E-state index contributed by atoms with van der Waals surface area (Å²) in [5.41, 5.74) is 11.4. The van der Waals surface area contributed by atoms with Gasteiger partial charge in [-0.15, -0.1) is 0 Å². The molecule has 0 bridgehead atoms. The van der Waals surface area contributed by atoms with E-state index < -0.39 is 0 Å². The number of rotatable bonds is 4. The van der Waals surface area contributed by atoms with Crippen LogP contribution in [0.5, 0.6) is 0 Å². The highest BCUT2D eigenvalue weighted by atomic mass is 32.2. The lowest BCUT2D eigenvalue weighted by Crippen LogP contribution is -2.38. The third-order valence-electron chi connectivity index (χ3n) is 4.48. The first-order valence-corrected chi connectivity index (χ1v) is 9.83. The molecule has 2 aromatic carbocycles. The first-order valence-electron chi connectivity index (χ1n) is 8.84. The van der Waals surface area contributed by atoms with Crippen molar-refractivity contribution in [1.82, 2.24) is 20.6 Å². The van der Waals surface area contributed by atoms with Gasteiger partial charge in [-0.05, 0) is 12.1 Å². The van der Waals surface area contributed by atoms with Crippen LogP contribution in [-0.4, -0.2) is 28.4 Å². The Morgan fingerprint density at radius 2 is 1.71 bits per heavy atom. The van der Waals surface area contributed by atoms with Crippen molar-refractivity contribution >= 4 is 35.1 Å². The van der Waals surface area contributed by atoms with Crippen molar-refractivity contribution in [2.45, 2.75) is 11.9 Å². The lowest BCUT2D eigenvalue weighted by molar-refractivity contribution is 0.784. The molecular weight excluding hydrogens is 370 g/mol. The summed E-state index contributed by atoms with van der Waals surface area (Å²) in [7, 11) is 0. The maximum absolute atomic E-state index is 5.91. The molecule has 1 aromatic heterocycles. The average molecular weight is 387 g/mol. The highest BCUT2D eigenvalue weighted by molar-refractivity contribution is 8.02. The number of guanidine groups is 1.